The summed E-state index contributed by atoms with van der Waals surface area (Å²) in [7, 11) is 1.54. The van der Waals surface area contributed by atoms with E-state index in [9.17, 15) is 9.90 Å². The summed E-state index contributed by atoms with van der Waals surface area (Å²) in [4.78, 5) is 12.3. The van der Waals surface area contributed by atoms with Crippen molar-refractivity contribution >= 4 is 11.7 Å². The molecule has 0 saturated heterocycles. The van der Waals surface area contributed by atoms with Gasteiger partial charge < -0.3 is 19.9 Å². The molecule has 0 aliphatic heterocycles. The van der Waals surface area contributed by atoms with Gasteiger partial charge >= 0.3 is 5.97 Å². The average molecular weight is 343 g/mol. The molecule has 0 amide bonds. The number of carbonyl (C=O) groups excluding carboxylic acids is 1. The van der Waals surface area contributed by atoms with Crippen LogP contribution in [0.3, 0.4) is 0 Å². The maximum atomic E-state index is 12.3. The molecular formula is C20H25NO4. The van der Waals surface area contributed by atoms with Gasteiger partial charge in [-0.2, -0.15) is 0 Å². The lowest BCUT2D eigenvalue weighted by atomic mass is 10.0. The first kappa shape index (κ1) is 18.6. The Bertz CT molecular complexity index is 707. The Morgan fingerprint density at radius 2 is 1.84 bits per heavy atom. The van der Waals surface area contributed by atoms with Crippen molar-refractivity contribution < 1.29 is 19.4 Å². The quantitative estimate of drug-likeness (QED) is 0.605. The molecule has 0 heterocycles. The van der Waals surface area contributed by atoms with E-state index >= 15 is 0 Å². The molecule has 0 fully saturated rings. The van der Waals surface area contributed by atoms with Crippen LogP contribution in [0.1, 0.15) is 38.8 Å². The molecule has 0 radical (unpaired) electrons. The fourth-order valence-electron chi connectivity index (χ4n) is 2.44. The standard InChI is InChI=1S/C20H25NO4/c1-20(2,3)25-19(23)13-17(14-8-6-5-7-9-14)21-16-11-10-15(24-4)12-18(16)22/h5-12,17,21-22H,13H2,1-4H3/t17-/m1/s1. The van der Waals surface area contributed by atoms with Crippen molar-refractivity contribution in [3.8, 4) is 11.5 Å². The topological polar surface area (TPSA) is 67.8 Å². The smallest absolute Gasteiger partial charge is 0.308 e. The number of aromatic hydroxyl groups is 1. The molecule has 5 nitrogen and oxygen atoms in total. The summed E-state index contributed by atoms with van der Waals surface area (Å²) in [6.07, 6.45) is 0.146. The molecule has 0 bridgehead atoms. The number of ether oxygens (including phenoxy) is 2. The van der Waals surface area contributed by atoms with Crippen molar-refractivity contribution in [2.24, 2.45) is 0 Å². The van der Waals surface area contributed by atoms with Gasteiger partial charge in [-0.05, 0) is 38.5 Å². The van der Waals surface area contributed by atoms with Gasteiger partial charge in [0.1, 0.15) is 17.1 Å². The Morgan fingerprint density at radius 1 is 1.16 bits per heavy atom. The van der Waals surface area contributed by atoms with Crippen molar-refractivity contribution in [1.82, 2.24) is 0 Å². The molecule has 0 saturated carbocycles. The summed E-state index contributed by atoms with van der Waals surface area (Å²) in [6, 6.07) is 14.3. The van der Waals surface area contributed by atoms with E-state index in [0.29, 0.717) is 11.4 Å². The third kappa shape index (κ3) is 5.71. The van der Waals surface area contributed by atoms with E-state index in [4.69, 9.17) is 9.47 Å². The van der Waals surface area contributed by atoms with Crippen LogP contribution in [-0.4, -0.2) is 23.8 Å². The highest BCUT2D eigenvalue weighted by Crippen LogP contribution is 2.32. The van der Waals surface area contributed by atoms with Gasteiger partial charge in [-0.15, -0.1) is 0 Å². The average Bonchev–Trinajstić information content (AvgIpc) is 2.55. The maximum Gasteiger partial charge on any atom is 0.308 e. The predicted molar refractivity (Wildman–Crippen MR) is 97.9 cm³/mol. The van der Waals surface area contributed by atoms with Crippen LogP contribution in [0, 0.1) is 0 Å². The maximum absolute atomic E-state index is 12.3. The van der Waals surface area contributed by atoms with E-state index < -0.39 is 5.60 Å². The fraction of sp³-hybridized carbons (Fsp3) is 0.350. The van der Waals surface area contributed by atoms with Crippen LogP contribution in [0.15, 0.2) is 48.5 Å². The first-order chi connectivity index (χ1) is 11.8. The molecule has 2 aromatic rings. The molecule has 0 unspecified atom stereocenters. The molecule has 25 heavy (non-hydrogen) atoms. The molecule has 134 valence electrons. The summed E-state index contributed by atoms with van der Waals surface area (Å²) in [6.45, 7) is 5.52. The second kappa shape index (κ2) is 7.92. The monoisotopic (exact) mass is 343 g/mol. The molecule has 1 atom stereocenters. The number of anilines is 1. The fourth-order valence-corrected chi connectivity index (χ4v) is 2.44. The Labute approximate surface area is 148 Å². The zero-order chi connectivity index (χ0) is 18.4. The highest BCUT2D eigenvalue weighted by atomic mass is 16.6. The Balaban J connectivity index is 2.22. The number of carbonyl (C=O) groups is 1. The molecule has 0 aromatic heterocycles. The van der Waals surface area contributed by atoms with Crippen LogP contribution >= 0.6 is 0 Å². The first-order valence-corrected chi connectivity index (χ1v) is 8.19. The van der Waals surface area contributed by atoms with E-state index in [1.807, 2.05) is 51.1 Å². The zero-order valence-electron chi connectivity index (χ0n) is 15.1. The van der Waals surface area contributed by atoms with Crippen molar-refractivity contribution in [3.05, 3.63) is 54.1 Å². The Morgan fingerprint density at radius 3 is 2.40 bits per heavy atom. The van der Waals surface area contributed by atoms with E-state index in [1.54, 1.807) is 12.1 Å². The summed E-state index contributed by atoms with van der Waals surface area (Å²) < 4.78 is 10.5. The predicted octanol–water partition coefficient (Wildman–Crippen LogP) is 4.29. The Kier molecular flexibility index (Phi) is 5.91. The molecule has 0 spiro atoms. The SMILES string of the molecule is COc1ccc(N[C@H](CC(=O)OC(C)(C)C)c2ccccc2)c(O)c1. The lowest BCUT2D eigenvalue weighted by Gasteiger charge is -2.24. The highest BCUT2D eigenvalue weighted by Gasteiger charge is 2.22. The number of esters is 1. The third-order valence-electron chi connectivity index (χ3n) is 3.53. The van der Waals surface area contributed by atoms with Gasteiger partial charge in [-0.3, -0.25) is 4.79 Å². The lowest BCUT2D eigenvalue weighted by molar-refractivity contribution is -0.155. The minimum absolute atomic E-state index is 0.0597. The number of methoxy groups -OCH3 is 1. The van der Waals surface area contributed by atoms with Crippen LogP contribution in [0.4, 0.5) is 5.69 Å². The van der Waals surface area contributed by atoms with E-state index in [-0.39, 0.29) is 24.2 Å². The zero-order valence-corrected chi connectivity index (χ0v) is 15.1. The Hall–Kier alpha value is -2.69. The van der Waals surface area contributed by atoms with Gasteiger partial charge in [0.25, 0.3) is 0 Å². The number of benzene rings is 2. The summed E-state index contributed by atoms with van der Waals surface area (Å²) >= 11 is 0. The third-order valence-corrected chi connectivity index (χ3v) is 3.53. The van der Waals surface area contributed by atoms with Crippen molar-refractivity contribution in [3.63, 3.8) is 0 Å². The molecule has 5 heteroatoms. The van der Waals surface area contributed by atoms with Gasteiger partial charge in [-0.25, -0.2) is 0 Å². The largest absolute Gasteiger partial charge is 0.506 e. The minimum Gasteiger partial charge on any atom is -0.506 e. The lowest BCUT2D eigenvalue weighted by Crippen LogP contribution is -2.26. The van der Waals surface area contributed by atoms with Gasteiger partial charge in [0.15, 0.2) is 0 Å². The second-order valence-electron chi connectivity index (χ2n) is 6.78. The number of hydrogen-bond acceptors (Lipinski definition) is 5. The highest BCUT2D eigenvalue weighted by molar-refractivity contribution is 5.72. The van der Waals surface area contributed by atoms with E-state index in [1.165, 1.54) is 13.2 Å². The molecule has 0 aliphatic rings. The number of phenolic OH excluding ortho intramolecular Hbond substituents is 1. The van der Waals surface area contributed by atoms with Crippen LogP contribution in [0.25, 0.3) is 0 Å². The van der Waals surface area contributed by atoms with Gasteiger partial charge in [0.05, 0.1) is 25.3 Å². The van der Waals surface area contributed by atoms with Gasteiger partial charge in [0, 0.05) is 6.07 Å². The van der Waals surface area contributed by atoms with Crippen LogP contribution < -0.4 is 10.1 Å². The van der Waals surface area contributed by atoms with Crippen LogP contribution in [0.2, 0.25) is 0 Å². The summed E-state index contributed by atoms with van der Waals surface area (Å²) in [5, 5.41) is 13.4. The van der Waals surface area contributed by atoms with Gasteiger partial charge in [-0.1, -0.05) is 30.3 Å². The van der Waals surface area contributed by atoms with Gasteiger partial charge in [0.2, 0.25) is 0 Å². The number of rotatable bonds is 6. The normalized spacial score (nSPS) is 12.3. The molecular weight excluding hydrogens is 318 g/mol. The van der Waals surface area contributed by atoms with Crippen molar-refractivity contribution in [2.45, 2.75) is 38.8 Å². The van der Waals surface area contributed by atoms with E-state index in [2.05, 4.69) is 5.32 Å². The molecule has 0 aliphatic carbocycles. The van der Waals surface area contributed by atoms with Crippen molar-refractivity contribution in [2.75, 3.05) is 12.4 Å². The van der Waals surface area contributed by atoms with Crippen LogP contribution in [0.5, 0.6) is 11.5 Å². The molecule has 2 aromatic carbocycles. The number of nitrogens with one attached hydrogen (secondary N) is 1. The number of phenols is 1. The summed E-state index contributed by atoms with van der Waals surface area (Å²) in [5.41, 5.74) is 0.919. The first-order valence-electron chi connectivity index (χ1n) is 8.19. The molecule has 2 rings (SSSR count). The second-order valence-corrected chi connectivity index (χ2v) is 6.78. The van der Waals surface area contributed by atoms with Crippen molar-refractivity contribution in [1.29, 1.82) is 0 Å². The number of hydrogen-bond donors (Lipinski definition) is 2. The summed E-state index contributed by atoms with van der Waals surface area (Å²) in [5.74, 6) is 0.317. The van der Waals surface area contributed by atoms with E-state index in [0.717, 1.165) is 5.56 Å². The molecule has 2 N–H and O–H groups in total. The minimum atomic E-state index is -0.541. The van der Waals surface area contributed by atoms with Crippen LogP contribution in [-0.2, 0) is 9.53 Å².